The van der Waals surface area contributed by atoms with Crippen LogP contribution in [0.2, 0.25) is 0 Å². The van der Waals surface area contributed by atoms with E-state index in [2.05, 4.69) is 8.71 Å². The van der Waals surface area contributed by atoms with Gasteiger partial charge in [0.15, 0.2) is 0 Å². The van der Waals surface area contributed by atoms with E-state index in [1.807, 2.05) is 0 Å². The van der Waals surface area contributed by atoms with Gasteiger partial charge in [0.05, 0.1) is 0 Å². The number of thioether (sulfide) groups is 1. The van der Waals surface area contributed by atoms with Gasteiger partial charge in [-0.15, -0.1) is 16.7 Å². The fourth-order valence-electron chi connectivity index (χ4n) is 1.19. The minimum absolute atomic E-state index is 0.205. The number of benzene rings is 1. The van der Waals surface area contributed by atoms with E-state index in [9.17, 15) is 17.4 Å². The molecule has 6 nitrogen and oxygen atoms in total. The molecule has 0 aromatic heterocycles. The van der Waals surface area contributed by atoms with Crippen molar-refractivity contribution >= 4 is 30.1 Å². The molecule has 0 aliphatic heterocycles. The lowest BCUT2D eigenvalue weighted by Crippen LogP contribution is -2.11. The van der Waals surface area contributed by atoms with Crippen LogP contribution in [0, 0.1) is 5.82 Å². The summed E-state index contributed by atoms with van der Waals surface area (Å²) in [5.41, 5.74) is 0. The Kier molecular flexibility index (Phi) is 6.31. The molecule has 1 unspecified atom stereocenters. The van der Waals surface area contributed by atoms with Gasteiger partial charge >= 0.3 is 18.4 Å². The van der Waals surface area contributed by atoms with Gasteiger partial charge in [0.2, 0.25) is 6.79 Å². The summed E-state index contributed by atoms with van der Waals surface area (Å²) in [7, 11) is -7.38. The fraction of sp³-hybridized carbons (Fsp3) is 0.333. The Morgan fingerprint density at radius 2 is 2.16 bits per heavy atom. The lowest BCUT2D eigenvalue weighted by molar-refractivity contribution is 0.120. The number of hydrogen-bond donors (Lipinski definition) is 1. The van der Waals surface area contributed by atoms with Crippen molar-refractivity contribution in [2.24, 2.45) is 0 Å². The smallest absolute Gasteiger partial charge is 0.232 e. The van der Waals surface area contributed by atoms with E-state index >= 15 is 0 Å². The third kappa shape index (κ3) is 4.79. The first kappa shape index (κ1) is 16.5. The molecule has 0 saturated carbocycles. The molecule has 0 heterocycles. The minimum Gasteiger partial charge on any atom is -0.232 e. The van der Waals surface area contributed by atoms with Gasteiger partial charge in [-0.05, 0) is 17.9 Å². The highest BCUT2D eigenvalue weighted by Crippen LogP contribution is 2.30. The lowest BCUT2D eigenvalue weighted by Gasteiger charge is -2.09. The van der Waals surface area contributed by atoms with Crippen molar-refractivity contribution in [3.8, 4) is 0 Å². The van der Waals surface area contributed by atoms with E-state index in [0.29, 0.717) is 5.75 Å². The number of rotatable bonds is 7. The molecule has 1 aromatic carbocycles. The fourth-order valence-corrected chi connectivity index (χ4v) is 3.52. The Balaban J connectivity index is 3.02. The van der Waals surface area contributed by atoms with Gasteiger partial charge < -0.3 is 0 Å². The maximum Gasteiger partial charge on any atom is 0.697 e. The van der Waals surface area contributed by atoms with Crippen LogP contribution in [-0.2, 0) is 23.4 Å². The molecule has 0 saturated heterocycles. The third-order valence-electron chi connectivity index (χ3n) is 1.85. The second kappa shape index (κ2) is 7.28. The molecular weight excluding hydrogens is 318 g/mol. The van der Waals surface area contributed by atoms with Gasteiger partial charge in [0, 0.05) is 9.46 Å². The molecular formula is C9H11FO6PS2+. The highest BCUT2D eigenvalue weighted by Gasteiger charge is 2.26. The summed E-state index contributed by atoms with van der Waals surface area (Å²) in [6.07, 6.45) is 0. The SMILES string of the molecule is CCSc1cccc(F)c1S(=O)(=O)OCO[P+](=O)O. The molecule has 1 aromatic rings. The molecule has 1 atom stereocenters. The van der Waals surface area contributed by atoms with E-state index < -0.39 is 35.9 Å². The Morgan fingerprint density at radius 3 is 2.74 bits per heavy atom. The summed E-state index contributed by atoms with van der Waals surface area (Å²) in [5.74, 6) is -0.405. The monoisotopic (exact) mass is 329 g/mol. The van der Waals surface area contributed by atoms with Crippen LogP contribution in [0.25, 0.3) is 0 Å². The van der Waals surface area contributed by atoms with E-state index in [1.54, 1.807) is 6.92 Å². The zero-order chi connectivity index (χ0) is 14.5. The largest absolute Gasteiger partial charge is 0.697 e. The topological polar surface area (TPSA) is 89.9 Å². The van der Waals surface area contributed by atoms with Crippen molar-refractivity contribution in [3.05, 3.63) is 24.0 Å². The summed E-state index contributed by atoms with van der Waals surface area (Å²) in [5, 5.41) is 0. The van der Waals surface area contributed by atoms with Crippen molar-refractivity contribution < 1.29 is 31.0 Å². The average molecular weight is 329 g/mol. The normalized spacial score (nSPS) is 12.5. The Hall–Kier alpha value is -0.570. The van der Waals surface area contributed by atoms with Crippen molar-refractivity contribution in [1.82, 2.24) is 0 Å². The molecule has 0 fully saturated rings. The molecule has 19 heavy (non-hydrogen) atoms. The minimum atomic E-state index is -4.40. The van der Waals surface area contributed by atoms with Crippen LogP contribution in [0.3, 0.4) is 0 Å². The molecule has 1 N–H and O–H groups in total. The Labute approximate surface area is 115 Å². The van der Waals surface area contributed by atoms with Gasteiger partial charge in [-0.25, -0.2) is 8.57 Å². The van der Waals surface area contributed by atoms with Crippen LogP contribution in [0.4, 0.5) is 4.39 Å². The molecule has 0 aliphatic carbocycles. The first-order valence-electron chi connectivity index (χ1n) is 4.98. The average Bonchev–Trinajstić information content (AvgIpc) is 2.28. The predicted octanol–water partition coefficient (Wildman–Crippen LogP) is 2.27. The maximum absolute atomic E-state index is 13.6. The predicted molar refractivity (Wildman–Crippen MR) is 66.8 cm³/mol. The van der Waals surface area contributed by atoms with E-state index in [1.165, 1.54) is 12.1 Å². The standard InChI is InChI=1S/C9H10FO6PS2/c1-2-18-8-5-3-4-7(10)9(8)19(13,14)16-6-15-17(11)12/h3-5H,2,6H2,1H3/p+1. The number of halogens is 1. The molecule has 10 heteroatoms. The van der Waals surface area contributed by atoms with Crippen LogP contribution in [-0.4, -0.2) is 25.9 Å². The van der Waals surface area contributed by atoms with Crippen LogP contribution >= 0.6 is 20.0 Å². The van der Waals surface area contributed by atoms with Crippen molar-refractivity contribution in [2.45, 2.75) is 16.7 Å². The van der Waals surface area contributed by atoms with Crippen molar-refractivity contribution in [3.63, 3.8) is 0 Å². The quantitative estimate of drug-likeness (QED) is 0.355. The second-order valence-electron chi connectivity index (χ2n) is 3.06. The molecule has 0 amide bonds. The van der Waals surface area contributed by atoms with E-state index in [0.717, 1.165) is 17.8 Å². The van der Waals surface area contributed by atoms with Gasteiger partial charge in [0.25, 0.3) is 0 Å². The lowest BCUT2D eigenvalue weighted by atomic mass is 10.3. The third-order valence-corrected chi connectivity index (χ3v) is 4.56. The zero-order valence-electron chi connectivity index (χ0n) is 9.78. The molecule has 0 bridgehead atoms. The first-order valence-corrected chi connectivity index (χ1v) is 8.50. The highest BCUT2D eigenvalue weighted by molar-refractivity contribution is 8.00. The van der Waals surface area contributed by atoms with Gasteiger partial charge in [-0.3, -0.25) is 0 Å². The second-order valence-corrected chi connectivity index (χ2v) is 6.65. The van der Waals surface area contributed by atoms with Gasteiger partial charge in [-0.2, -0.15) is 8.42 Å². The summed E-state index contributed by atoms with van der Waals surface area (Å²) in [4.78, 5) is 7.95. The maximum atomic E-state index is 13.6. The molecule has 1 rings (SSSR count). The van der Waals surface area contributed by atoms with E-state index in [-0.39, 0.29) is 4.90 Å². The first-order chi connectivity index (χ1) is 8.88. The molecule has 0 aliphatic rings. The van der Waals surface area contributed by atoms with Crippen LogP contribution < -0.4 is 0 Å². The summed E-state index contributed by atoms with van der Waals surface area (Å²) < 4.78 is 55.9. The zero-order valence-corrected chi connectivity index (χ0v) is 12.3. The van der Waals surface area contributed by atoms with Gasteiger partial charge in [0.1, 0.15) is 10.7 Å². The van der Waals surface area contributed by atoms with Crippen molar-refractivity contribution in [2.75, 3.05) is 12.5 Å². The number of hydrogen-bond acceptors (Lipinski definition) is 6. The summed E-state index contributed by atoms with van der Waals surface area (Å²) in [6, 6.07) is 3.82. The summed E-state index contributed by atoms with van der Waals surface area (Å²) in [6.45, 7) is 0.824. The highest BCUT2D eigenvalue weighted by atomic mass is 32.2. The molecule has 0 radical (unpaired) electrons. The Morgan fingerprint density at radius 1 is 1.47 bits per heavy atom. The summed E-state index contributed by atoms with van der Waals surface area (Å²) >= 11 is 1.14. The van der Waals surface area contributed by atoms with Crippen molar-refractivity contribution in [1.29, 1.82) is 0 Å². The van der Waals surface area contributed by atoms with Crippen LogP contribution in [0.5, 0.6) is 0 Å². The molecule has 0 spiro atoms. The Bertz CT molecular complexity index is 562. The van der Waals surface area contributed by atoms with Crippen LogP contribution in [0.1, 0.15) is 6.92 Å². The van der Waals surface area contributed by atoms with Crippen LogP contribution in [0.15, 0.2) is 28.0 Å². The molecule has 106 valence electrons. The van der Waals surface area contributed by atoms with E-state index in [4.69, 9.17) is 4.89 Å². The van der Waals surface area contributed by atoms with Gasteiger partial charge in [-0.1, -0.05) is 17.5 Å².